The Hall–Kier alpha value is -6.18. The number of benzene rings is 1. The first-order valence-corrected chi connectivity index (χ1v) is 29.0. The lowest BCUT2D eigenvalue weighted by molar-refractivity contribution is -0.147. The molecule has 9 atom stereocenters. The van der Waals surface area contributed by atoms with Gasteiger partial charge < -0.3 is 63.0 Å². The fraction of sp³-hybridized carbons (Fsp3) is 0.685. The summed E-state index contributed by atoms with van der Waals surface area (Å²) in [5.41, 5.74) is 12.5. The van der Waals surface area contributed by atoms with Gasteiger partial charge in [0.05, 0.1) is 24.4 Å². The second-order valence-electron chi connectivity index (χ2n) is 21.3. The number of hydrogen-bond donors (Lipinski definition) is 9. The highest BCUT2D eigenvalue weighted by Gasteiger charge is 2.46. The Morgan fingerprint density at radius 2 is 1.34 bits per heavy atom. The molecule has 4 fully saturated rings. The van der Waals surface area contributed by atoms with E-state index < -0.39 is 120 Å². The van der Waals surface area contributed by atoms with Crippen LogP contribution in [0.25, 0.3) is 0 Å². The lowest BCUT2D eigenvalue weighted by atomic mass is 10.0. The number of rotatable bonds is 31. The lowest BCUT2D eigenvalue weighted by Crippen LogP contribution is -2.59. The van der Waals surface area contributed by atoms with Crippen molar-refractivity contribution in [2.75, 3.05) is 51.6 Å². The third-order valence-electron chi connectivity index (χ3n) is 14.8. The number of amides is 10. The molecule has 79 heavy (non-hydrogen) atoms. The van der Waals surface area contributed by atoms with Gasteiger partial charge in [-0.2, -0.15) is 0 Å². The smallest absolute Gasteiger partial charge is 0.326 e. The van der Waals surface area contributed by atoms with E-state index in [9.17, 15) is 63.0 Å². The number of carboxylic acid groups (broad SMARTS) is 1. The Bertz CT molecular complexity index is 2310. The lowest BCUT2D eigenvalue weighted by Gasteiger charge is -2.33. The molecule has 0 saturated carbocycles. The van der Waals surface area contributed by atoms with Gasteiger partial charge in [0.1, 0.15) is 42.3 Å². The molecule has 10 amide bonds. The maximum Gasteiger partial charge on any atom is 0.326 e. The van der Waals surface area contributed by atoms with Gasteiger partial charge in [0.15, 0.2) is 0 Å². The first-order chi connectivity index (χ1) is 37.8. The molecular formula is C54H83N11O13S. The SMILES string of the molecule is CCCCCCN1C(=O)CC(SC[C@H](NC(=O)[C@@H](N)CCCCN)C(=O)N2CCC[C@H]2C(=O)N2CCC[C@H]2C(=O)NCC(=O)N[C@@H](Cc2ccccc2)C(=O)N[C@@H](CO)C(=O)N2CCC[C@H]2C(=O)N[C@@H](CC(C)C)C(=O)O)C1=O. The number of aliphatic hydroxyl groups is 1. The number of hydrogen-bond acceptors (Lipinski definition) is 15. The molecule has 0 radical (unpaired) electrons. The van der Waals surface area contributed by atoms with Gasteiger partial charge in [-0.15, -0.1) is 11.8 Å². The fourth-order valence-electron chi connectivity index (χ4n) is 10.5. The van der Waals surface area contributed by atoms with Crippen LogP contribution in [0.2, 0.25) is 0 Å². The molecule has 1 aromatic rings. The molecule has 4 saturated heterocycles. The molecule has 4 aliphatic rings. The zero-order chi connectivity index (χ0) is 57.8. The van der Waals surface area contributed by atoms with Gasteiger partial charge in [-0.25, -0.2) is 4.79 Å². The van der Waals surface area contributed by atoms with Crippen LogP contribution < -0.4 is 38.1 Å². The molecule has 25 heteroatoms. The standard InChI is InChI=1S/C54H83N11O13S/c1-4-5-6-12-23-65-45(68)29-43(53(65)76)79-32-39(61-46(69)35(56)18-10-11-22-55)51(74)64-26-15-21-42(64)52(75)63-25-13-19-40(63)48(71)57-30-44(67)58-36(28-34-16-8-7-9-17-34)47(70)60-38(31-66)50(73)62-24-14-20-41(62)49(72)59-37(54(77)78)27-33(2)3/h7-9,16-17,33,35-43,66H,4-6,10-15,18-32,55-56H2,1-3H3,(H,57,71)(H,58,67)(H,59,72)(H,60,70)(H,61,69)(H,77,78)/t35-,36-,37-,38-,39-,40-,41-,42-,43?/m0/s1. The number of carbonyl (C=O) groups is 11. The van der Waals surface area contributed by atoms with Crippen LogP contribution in [0.4, 0.5) is 0 Å². The number of carboxylic acids is 1. The van der Waals surface area contributed by atoms with Crippen molar-refractivity contribution in [3.63, 3.8) is 0 Å². The Balaban J connectivity index is 1.22. The molecule has 0 spiro atoms. The predicted molar refractivity (Wildman–Crippen MR) is 292 cm³/mol. The summed E-state index contributed by atoms with van der Waals surface area (Å²) < 4.78 is 0. The van der Waals surface area contributed by atoms with E-state index in [1.807, 2.05) is 13.8 Å². The summed E-state index contributed by atoms with van der Waals surface area (Å²) in [5.74, 6) is -7.41. The second kappa shape index (κ2) is 31.6. The number of unbranched alkanes of at least 4 members (excludes halogenated alkanes) is 4. The number of nitrogens with zero attached hydrogens (tertiary/aromatic N) is 4. The van der Waals surface area contributed by atoms with Crippen LogP contribution in [0.5, 0.6) is 0 Å². The van der Waals surface area contributed by atoms with E-state index >= 15 is 0 Å². The van der Waals surface area contributed by atoms with Crippen molar-refractivity contribution < 1.29 is 63.0 Å². The molecule has 4 heterocycles. The minimum Gasteiger partial charge on any atom is -0.480 e. The molecule has 0 aromatic heterocycles. The zero-order valence-electron chi connectivity index (χ0n) is 45.9. The van der Waals surface area contributed by atoms with Crippen LogP contribution in [-0.4, -0.2) is 200 Å². The van der Waals surface area contributed by atoms with Crippen molar-refractivity contribution >= 4 is 76.8 Å². The van der Waals surface area contributed by atoms with Crippen LogP contribution in [0.1, 0.15) is 123 Å². The summed E-state index contributed by atoms with van der Waals surface area (Å²) in [6.45, 7) is 5.37. The number of thioether (sulfide) groups is 1. The van der Waals surface area contributed by atoms with Crippen molar-refractivity contribution in [2.45, 2.75) is 177 Å². The Morgan fingerprint density at radius 1 is 0.722 bits per heavy atom. The summed E-state index contributed by atoms with van der Waals surface area (Å²) >= 11 is 1.09. The van der Waals surface area contributed by atoms with Gasteiger partial charge in [-0.1, -0.05) is 76.8 Å². The number of likely N-dealkylation sites (tertiary alicyclic amines) is 4. The summed E-state index contributed by atoms with van der Waals surface area (Å²) in [5, 5.41) is 32.3. The van der Waals surface area contributed by atoms with E-state index in [0.29, 0.717) is 63.6 Å². The first-order valence-electron chi connectivity index (χ1n) is 28.0. The fourth-order valence-corrected chi connectivity index (χ4v) is 11.7. The van der Waals surface area contributed by atoms with E-state index in [1.165, 1.54) is 19.6 Å². The van der Waals surface area contributed by atoms with Crippen LogP contribution in [0.15, 0.2) is 30.3 Å². The summed E-state index contributed by atoms with van der Waals surface area (Å²) in [4.78, 5) is 154. The highest BCUT2D eigenvalue weighted by Crippen LogP contribution is 2.30. The molecular weight excluding hydrogens is 1040 g/mol. The van der Waals surface area contributed by atoms with Gasteiger partial charge in [0.25, 0.3) is 0 Å². The van der Waals surface area contributed by atoms with E-state index in [1.54, 1.807) is 30.3 Å². The van der Waals surface area contributed by atoms with E-state index in [0.717, 1.165) is 31.0 Å². The van der Waals surface area contributed by atoms with Crippen molar-refractivity contribution in [2.24, 2.45) is 17.4 Å². The van der Waals surface area contributed by atoms with E-state index in [2.05, 4.69) is 33.5 Å². The van der Waals surface area contributed by atoms with Gasteiger partial charge >= 0.3 is 5.97 Å². The molecule has 0 bridgehead atoms. The molecule has 1 aromatic carbocycles. The molecule has 24 nitrogen and oxygen atoms in total. The summed E-state index contributed by atoms with van der Waals surface area (Å²) in [7, 11) is 0. The van der Waals surface area contributed by atoms with Crippen LogP contribution in [0, 0.1) is 5.92 Å². The molecule has 11 N–H and O–H groups in total. The number of carbonyl (C=O) groups excluding carboxylic acids is 10. The molecule has 4 aliphatic heterocycles. The highest BCUT2D eigenvalue weighted by atomic mass is 32.2. The average molecular weight is 1130 g/mol. The van der Waals surface area contributed by atoms with Gasteiger partial charge in [0, 0.05) is 44.8 Å². The van der Waals surface area contributed by atoms with E-state index in [4.69, 9.17) is 11.5 Å². The monoisotopic (exact) mass is 1130 g/mol. The van der Waals surface area contributed by atoms with E-state index in [-0.39, 0.29) is 81.6 Å². The topological polar surface area (TPSA) is 353 Å². The zero-order valence-corrected chi connectivity index (χ0v) is 46.7. The Kier molecular flexibility index (Phi) is 25.4. The Morgan fingerprint density at radius 3 is 1.97 bits per heavy atom. The molecule has 5 rings (SSSR count). The quantitative estimate of drug-likeness (QED) is 0.0327. The van der Waals surface area contributed by atoms with Gasteiger partial charge in [-0.3, -0.25) is 52.8 Å². The van der Waals surface area contributed by atoms with Gasteiger partial charge in [0.2, 0.25) is 59.1 Å². The van der Waals surface area contributed by atoms with Gasteiger partial charge in [-0.05, 0) is 82.2 Å². The minimum absolute atomic E-state index is 0.0465. The largest absolute Gasteiger partial charge is 0.480 e. The highest BCUT2D eigenvalue weighted by molar-refractivity contribution is 8.00. The normalized spacial score (nSPS) is 21.1. The van der Waals surface area contributed by atoms with Crippen molar-refractivity contribution in [3.8, 4) is 0 Å². The maximum absolute atomic E-state index is 14.5. The third-order valence-corrected chi connectivity index (χ3v) is 16.1. The minimum atomic E-state index is -1.54. The molecule has 1 unspecified atom stereocenters. The third kappa shape index (κ3) is 18.2. The van der Waals surface area contributed by atoms with Crippen LogP contribution in [0.3, 0.4) is 0 Å². The predicted octanol–water partition coefficient (Wildman–Crippen LogP) is -0.722. The summed E-state index contributed by atoms with van der Waals surface area (Å²) in [6, 6.07) is -0.663. The molecule has 438 valence electrons. The first kappa shape index (κ1) is 63.6. The maximum atomic E-state index is 14.5. The number of nitrogens with two attached hydrogens (primary N) is 2. The van der Waals surface area contributed by atoms with Crippen molar-refractivity contribution in [1.29, 1.82) is 0 Å². The number of imide groups is 1. The Labute approximate surface area is 466 Å². The summed E-state index contributed by atoms with van der Waals surface area (Å²) in [6.07, 6.45) is 7.12. The van der Waals surface area contributed by atoms with Crippen molar-refractivity contribution in [1.82, 2.24) is 46.2 Å². The number of aliphatic hydroxyl groups excluding tert-OH is 1. The van der Waals surface area contributed by atoms with Crippen molar-refractivity contribution in [3.05, 3.63) is 35.9 Å². The van der Waals surface area contributed by atoms with Crippen LogP contribution >= 0.6 is 11.8 Å². The average Bonchev–Trinajstić information content (AvgIpc) is 4.30. The number of aliphatic carboxylic acids is 1. The number of nitrogens with one attached hydrogen (secondary N) is 5. The second-order valence-corrected chi connectivity index (χ2v) is 22.5. The van der Waals surface area contributed by atoms with Crippen LogP contribution in [-0.2, 0) is 59.2 Å². The molecule has 0 aliphatic carbocycles.